The van der Waals surface area contributed by atoms with E-state index in [-0.39, 0.29) is 5.76 Å². The molecule has 1 fully saturated rings. The number of allylic oxidation sites excluding steroid dienone is 1. The van der Waals surface area contributed by atoms with Gasteiger partial charge < -0.3 is 28.4 Å². The highest BCUT2D eigenvalue weighted by atomic mass is 16.7. The molecule has 0 radical (unpaired) electrons. The summed E-state index contributed by atoms with van der Waals surface area (Å²) in [7, 11) is 0. The molecule has 0 spiro atoms. The monoisotopic (exact) mass is 416 g/mol. The zero-order chi connectivity index (χ0) is 22.3. The standard InChI is InChI=1S/C18H24O11/c1-8(19)9(2)25-18-17(28-13(6)23)16(27-12(5)22)15(26-11(4)21)14(29-18)7-24-10(3)20/h14-18H,2,7H2,1,3-6H3/t14-,15-,16+,17-,18-/m1/s1. The fourth-order valence-corrected chi connectivity index (χ4v) is 2.51. The summed E-state index contributed by atoms with van der Waals surface area (Å²) in [6.45, 7) is 8.68. The van der Waals surface area contributed by atoms with Crippen molar-refractivity contribution in [2.45, 2.75) is 65.3 Å². The van der Waals surface area contributed by atoms with Gasteiger partial charge in [-0.05, 0) is 0 Å². The van der Waals surface area contributed by atoms with Crippen LogP contribution in [-0.4, -0.2) is 67.0 Å². The van der Waals surface area contributed by atoms with E-state index in [9.17, 15) is 24.0 Å². The van der Waals surface area contributed by atoms with Crippen LogP contribution in [0.2, 0.25) is 0 Å². The van der Waals surface area contributed by atoms with Gasteiger partial charge in [-0.15, -0.1) is 0 Å². The predicted octanol–water partition coefficient (Wildman–Crippen LogP) is 0.189. The quantitative estimate of drug-likeness (QED) is 0.232. The first-order chi connectivity index (χ1) is 13.4. The molecule has 29 heavy (non-hydrogen) atoms. The Kier molecular flexibility index (Phi) is 8.77. The third-order valence-electron chi connectivity index (χ3n) is 3.60. The van der Waals surface area contributed by atoms with Crippen molar-refractivity contribution in [3.8, 4) is 0 Å². The van der Waals surface area contributed by atoms with Crippen LogP contribution in [0, 0.1) is 0 Å². The van der Waals surface area contributed by atoms with Gasteiger partial charge in [0, 0.05) is 34.6 Å². The lowest BCUT2D eigenvalue weighted by molar-refractivity contribution is -0.299. The Morgan fingerprint density at radius 2 is 1.21 bits per heavy atom. The summed E-state index contributed by atoms with van der Waals surface area (Å²) in [5.41, 5.74) is 0. The number of rotatable bonds is 8. The van der Waals surface area contributed by atoms with Gasteiger partial charge in [0.25, 0.3) is 0 Å². The van der Waals surface area contributed by atoms with Gasteiger partial charge in [0.15, 0.2) is 23.8 Å². The van der Waals surface area contributed by atoms with Crippen molar-refractivity contribution in [3.05, 3.63) is 12.3 Å². The third-order valence-corrected chi connectivity index (χ3v) is 3.60. The second kappa shape index (κ2) is 10.6. The summed E-state index contributed by atoms with van der Waals surface area (Å²) in [4.78, 5) is 57.5. The Morgan fingerprint density at radius 1 is 0.724 bits per heavy atom. The van der Waals surface area contributed by atoms with Crippen LogP contribution in [0.25, 0.3) is 0 Å². The molecular formula is C18H24O11. The average Bonchev–Trinajstić information content (AvgIpc) is 2.56. The molecule has 0 bridgehead atoms. The zero-order valence-corrected chi connectivity index (χ0v) is 16.8. The van der Waals surface area contributed by atoms with Crippen molar-refractivity contribution < 1.29 is 52.4 Å². The van der Waals surface area contributed by atoms with Crippen LogP contribution in [-0.2, 0) is 52.4 Å². The highest BCUT2D eigenvalue weighted by Gasteiger charge is 2.53. The number of carbonyl (C=O) groups is 5. The second-order valence-corrected chi connectivity index (χ2v) is 6.16. The number of ether oxygens (including phenoxy) is 6. The van der Waals surface area contributed by atoms with Gasteiger partial charge in [0.2, 0.25) is 12.4 Å². The number of ketones is 1. The van der Waals surface area contributed by atoms with Crippen molar-refractivity contribution in [1.82, 2.24) is 0 Å². The van der Waals surface area contributed by atoms with Crippen molar-refractivity contribution >= 4 is 29.7 Å². The first kappa shape index (κ1) is 24.1. The van der Waals surface area contributed by atoms with Crippen LogP contribution < -0.4 is 0 Å². The molecule has 11 nitrogen and oxygen atoms in total. The SMILES string of the molecule is C=C(O[C@@H]1O[C@H](COC(C)=O)[C@@H](OC(C)=O)[C@H](OC(C)=O)[C@H]1OC(C)=O)C(C)=O. The molecule has 11 heteroatoms. The third kappa shape index (κ3) is 7.53. The Hall–Kier alpha value is -2.95. The topological polar surface area (TPSA) is 141 Å². The van der Waals surface area contributed by atoms with Crippen LogP contribution >= 0.6 is 0 Å². The minimum absolute atomic E-state index is 0.314. The van der Waals surface area contributed by atoms with E-state index < -0.39 is 67.0 Å². The maximum absolute atomic E-state index is 11.6. The molecule has 0 aromatic heterocycles. The summed E-state index contributed by atoms with van der Waals surface area (Å²) in [5, 5.41) is 0. The Bertz CT molecular complexity index is 683. The van der Waals surface area contributed by atoms with Crippen LogP contribution in [0.3, 0.4) is 0 Å². The maximum Gasteiger partial charge on any atom is 0.303 e. The molecule has 0 aromatic carbocycles. The summed E-state index contributed by atoms with van der Waals surface area (Å²) in [6, 6.07) is 0. The molecule has 0 aliphatic carbocycles. The largest absolute Gasteiger partial charge is 0.463 e. The van der Waals surface area contributed by atoms with Crippen molar-refractivity contribution in [2.75, 3.05) is 6.61 Å². The van der Waals surface area contributed by atoms with Gasteiger partial charge in [0.1, 0.15) is 12.7 Å². The van der Waals surface area contributed by atoms with Gasteiger partial charge in [0.05, 0.1) is 0 Å². The second-order valence-electron chi connectivity index (χ2n) is 6.16. The van der Waals surface area contributed by atoms with Crippen LogP contribution in [0.4, 0.5) is 0 Å². The highest BCUT2D eigenvalue weighted by Crippen LogP contribution is 2.30. The lowest BCUT2D eigenvalue weighted by Gasteiger charge is -2.43. The molecule has 1 aliphatic heterocycles. The lowest BCUT2D eigenvalue weighted by atomic mass is 9.98. The first-order valence-electron chi connectivity index (χ1n) is 8.59. The van der Waals surface area contributed by atoms with Crippen molar-refractivity contribution in [1.29, 1.82) is 0 Å². The Morgan fingerprint density at radius 3 is 1.66 bits per heavy atom. The number of hydrogen-bond acceptors (Lipinski definition) is 11. The smallest absolute Gasteiger partial charge is 0.303 e. The fraction of sp³-hybridized carbons (Fsp3) is 0.611. The van der Waals surface area contributed by atoms with Gasteiger partial charge in [-0.2, -0.15) is 0 Å². The first-order valence-corrected chi connectivity index (χ1v) is 8.59. The minimum Gasteiger partial charge on any atom is -0.463 e. The maximum atomic E-state index is 11.6. The van der Waals surface area contributed by atoms with E-state index in [0.717, 1.165) is 27.7 Å². The normalized spacial score (nSPS) is 25.9. The molecule has 1 aliphatic rings. The van der Waals surface area contributed by atoms with E-state index in [0.29, 0.717) is 0 Å². The molecule has 1 saturated heterocycles. The highest BCUT2D eigenvalue weighted by molar-refractivity contribution is 5.90. The minimum atomic E-state index is -1.47. The molecule has 0 amide bonds. The molecule has 162 valence electrons. The summed E-state index contributed by atoms with van der Waals surface area (Å²) >= 11 is 0. The van der Waals surface area contributed by atoms with Gasteiger partial charge >= 0.3 is 23.9 Å². The average molecular weight is 416 g/mol. The summed E-state index contributed by atoms with van der Waals surface area (Å²) in [5.74, 6) is -3.80. The van der Waals surface area contributed by atoms with Crippen molar-refractivity contribution in [2.24, 2.45) is 0 Å². The molecule has 1 heterocycles. The fourth-order valence-electron chi connectivity index (χ4n) is 2.51. The zero-order valence-electron chi connectivity index (χ0n) is 16.8. The molecule has 0 aromatic rings. The number of hydrogen-bond donors (Lipinski definition) is 0. The van der Waals surface area contributed by atoms with Gasteiger partial charge in [-0.25, -0.2) is 0 Å². The number of esters is 4. The van der Waals surface area contributed by atoms with E-state index in [1.54, 1.807) is 0 Å². The van der Waals surface area contributed by atoms with Crippen LogP contribution in [0.5, 0.6) is 0 Å². The van der Waals surface area contributed by atoms with Gasteiger partial charge in [-0.3, -0.25) is 24.0 Å². The van der Waals surface area contributed by atoms with Crippen LogP contribution in [0.15, 0.2) is 12.3 Å². The molecule has 5 atom stereocenters. The predicted molar refractivity (Wildman–Crippen MR) is 92.9 cm³/mol. The summed E-state index contributed by atoms with van der Waals surface area (Å²) in [6.07, 6.45) is -6.72. The van der Waals surface area contributed by atoms with E-state index in [1.807, 2.05) is 0 Å². The van der Waals surface area contributed by atoms with E-state index in [4.69, 9.17) is 28.4 Å². The lowest BCUT2D eigenvalue weighted by Crippen LogP contribution is -2.62. The van der Waals surface area contributed by atoms with Gasteiger partial charge in [-0.1, -0.05) is 6.58 Å². The molecule has 0 unspecified atom stereocenters. The number of Topliss-reactive ketones (excluding diaryl/α,β-unsaturated/α-hetero) is 1. The molecular weight excluding hydrogens is 392 g/mol. The Labute approximate surface area is 167 Å². The van der Waals surface area contributed by atoms with Crippen molar-refractivity contribution in [3.63, 3.8) is 0 Å². The Balaban J connectivity index is 3.35. The number of carbonyl (C=O) groups excluding carboxylic acids is 5. The molecule has 0 saturated carbocycles. The van der Waals surface area contributed by atoms with E-state index >= 15 is 0 Å². The van der Waals surface area contributed by atoms with E-state index in [2.05, 4.69) is 6.58 Å². The van der Waals surface area contributed by atoms with E-state index in [1.165, 1.54) is 6.92 Å². The molecule has 0 N–H and O–H groups in total. The summed E-state index contributed by atoms with van der Waals surface area (Å²) < 4.78 is 31.5. The van der Waals surface area contributed by atoms with Crippen LogP contribution in [0.1, 0.15) is 34.6 Å². The molecule has 1 rings (SSSR count).